The summed E-state index contributed by atoms with van der Waals surface area (Å²) in [7, 11) is 0. The summed E-state index contributed by atoms with van der Waals surface area (Å²) in [6.45, 7) is 3.02. The van der Waals surface area contributed by atoms with Gasteiger partial charge in [0.2, 0.25) is 11.8 Å². The topological polar surface area (TPSA) is 75.4 Å². The van der Waals surface area contributed by atoms with Crippen molar-refractivity contribution in [1.82, 2.24) is 4.90 Å². The van der Waals surface area contributed by atoms with Crippen LogP contribution in [0.2, 0.25) is 0 Å². The van der Waals surface area contributed by atoms with Crippen molar-refractivity contribution < 1.29 is 9.59 Å². The normalized spacial score (nSPS) is 13.7. The molecule has 0 aliphatic heterocycles. The third-order valence-corrected chi connectivity index (χ3v) is 4.45. The van der Waals surface area contributed by atoms with E-state index < -0.39 is 5.91 Å². The average molecular weight is 337 g/mol. The highest BCUT2D eigenvalue weighted by Gasteiger charge is 2.30. The van der Waals surface area contributed by atoms with Gasteiger partial charge < -0.3 is 11.1 Å². The van der Waals surface area contributed by atoms with Crippen molar-refractivity contribution in [2.45, 2.75) is 32.4 Å². The van der Waals surface area contributed by atoms with Gasteiger partial charge in [-0.15, -0.1) is 0 Å². The molecule has 0 spiro atoms. The summed E-state index contributed by atoms with van der Waals surface area (Å²) in [6.07, 6.45) is 2.24. The highest BCUT2D eigenvalue weighted by Crippen LogP contribution is 2.28. The molecular weight excluding hydrogens is 314 g/mol. The number of benzene rings is 2. The van der Waals surface area contributed by atoms with E-state index >= 15 is 0 Å². The molecule has 2 aromatic rings. The van der Waals surface area contributed by atoms with Gasteiger partial charge in [-0.05, 0) is 49.1 Å². The molecule has 130 valence electrons. The van der Waals surface area contributed by atoms with Crippen molar-refractivity contribution >= 4 is 17.5 Å². The van der Waals surface area contributed by atoms with Crippen LogP contribution in [0.1, 0.15) is 34.3 Å². The molecule has 0 radical (unpaired) electrons. The number of aryl methyl sites for hydroxylation is 1. The molecule has 1 aliphatic rings. The highest BCUT2D eigenvalue weighted by molar-refractivity contribution is 5.93. The maximum Gasteiger partial charge on any atom is 0.248 e. The van der Waals surface area contributed by atoms with E-state index in [9.17, 15) is 9.59 Å². The van der Waals surface area contributed by atoms with Crippen molar-refractivity contribution in [3.63, 3.8) is 0 Å². The molecule has 3 rings (SSSR count). The summed E-state index contributed by atoms with van der Waals surface area (Å²) < 4.78 is 0. The van der Waals surface area contributed by atoms with E-state index in [-0.39, 0.29) is 5.91 Å². The quantitative estimate of drug-likeness (QED) is 0.816. The van der Waals surface area contributed by atoms with Crippen LogP contribution in [0.25, 0.3) is 0 Å². The predicted octanol–water partition coefficient (Wildman–Crippen LogP) is 2.70. The Balaban J connectivity index is 1.62. The highest BCUT2D eigenvalue weighted by atomic mass is 16.2. The Kier molecular flexibility index (Phi) is 5.14. The van der Waals surface area contributed by atoms with Gasteiger partial charge in [-0.3, -0.25) is 14.5 Å². The molecular formula is C20H23N3O2. The van der Waals surface area contributed by atoms with E-state index in [1.165, 1.54) is 0 Å². The number of amides is 2. The minimum Gasteiger partial charge on any atom is -0.366 e. The van der Waals surface area contributed by atoms with Gasteiger partial charge in [0.25, 0.3) is 0 Å². The van der Waals surface area contributed by atoms with E-state index in [4.69, 9.17) is 5.73 Å². The maximum atomic E-state index is 12.4. The number of anilines is 1. The van der Waals surface area contributed by atoms with Crippen LogP contribution in [0, 0.1) is 6.92 Å². The number of primary amides is 1. The SMILES string of the molecule is Cc1ccccc1NC(=O)CN(Cc1ccc(C(N)=O)cc1)C1CC1. The van der Waals surface area contributed by atoms with Gasteiger partial charge in [-0.2, -0.15) is 0 Å². The molecule has 5 nitrogen and oxygen atoms in total. The second-order valence-electron chi connectivity index (χ2n) is 6.56. The first kappa shape index (κ1) is 17.2. The molecule has 3 N–H and O–H groups in total. The van der Waals surface area contributed by atoms with E-state index in [0.29, 0.717) is 24.7 Å². The largest absolute Gasteiger partial charge is 0.366 e. The van der Waals surface area contributed by atoms with Crippen molar-refractivity contribution in [2.75, 3.05) is 11.9 Å². The van der Waals surface area contributed by atoms with Crippen LogP contribution in [-0.4, -0.2) is 29.3 Å². The van der Waals surface area contributed by atoms with Crippen LogP contribution in [0.5, 0.6) is 0 Å². The molecule has 1 aliphatic carbocycles. The second-order valence-corrected chi connectivity index (χ2v) is 6.56. The lowest BCUT2D eigenvalue weighted by molar-refractivity contribution is -0.117. The van der Waals surface area contributed by atoms with Crippen molar-refractivity contribution in [3.8, 4) is 0 Å². The molecule has 1 fully saturated rings. The summed E-state index contributed by atoms with van der Waals surface area (Å²) in [5.74, 6) is -0.432. The van der Waals surface area contributed by atoms with Gasteiger partial charge in [0.05, 0.1) is 6.54 Å². The number of rotatable bonds is 7. The molecule has 0 bridgehead atoms. The van der Waals surface area contributed by atoms with Crippen molar-refractivity contribution in [3.05, 3.63) is 65.2 Å². The predicted molar refractivity (Wildman–Crippen MR) is 98.2 cm³/mol. The third-order valence-electron chi connectivity index (χ3n) is 4.45. The zero-order chi connectivity index (χ0) is 17.8. The number of para-hydroxylation sites is 1. The molecule has 0 heterocycles. The summed E-state index contributed by atoms with van der Waals surface area (Å²) in [6, 6.07) is 15.5. The van der Waals surface area contributed by atoms with Gasteiger partial charge in [-0.25, -0.2) is 0 Å². The number of nitrogens with two attached hydrogens (primary N) is 1. The fraction of sp³-hybridized carbons (Fsp3) is 0.300. The summed E-state index contributed by atoms with van der Waals surface area (Å²) in [5, 5.41) is 2.99. The molecule has 2 amide bonds. The van der Waals surface area contributed by atoms with Crippen molar-refractivity contribution in [1.29, 1.82) is 0 Å². The Morgan fingerprint density at radius 3 is 2.40 bits per heavy atom. The zero-order valence-electron chi connectivity index (χ0n) is 14.4. The molecule has 0 atom stereocenters. The zero-order valence-corrected chi connectivity index (χ0v) is 14.4. The summed E-state index contributed by atoms with van der Waals surface area (Å²) in [5.41, 5.74) is 8.75. The minimum absolute atomic E-state index is 0.00467. The maximum absolute atomic E-state index is 12.4. The lowest BCUT2D eigenvalue weighted by Crippen LogP contribution is -2.34. The minimum atomic E-state index is -0.428. The molecule has 1 saturated carbocycles. The summed E-state index contributed by atoms with van der Waals surface area (Å²) in [4.78, 5) is 25.8. The Hall–Kier alpha value is -2.66. The van der Waals surface area contributed by atoms with E-state index in [1.54, 1.807) is 12.1 Å². The van der Waals surface area contributed by atoms with Gasteiger partial charge >= 0.3 is 0 Å². The molecule has 25 heavy (non-hydrogen) atoms. The van der Waals surface area contributed by atoms with Crippen LogP contribution in [0.3, 0.4) is 0 Å². The Morgan fingerprint density at radius 2 is 1.80 bits per heavy atom. The molecule has 0 unspecified atom stereocenters. The standard InChI is InChI=1S/C20H23N3O2/c1-14-4-2-3-5-18(14)22-19(24)13-23(17-10-11-17)12-15-6-8-16(9-7-15)20(21)25/h2-9,17H,10-13H2,1H3,(H2,21,25)(H,22,24). The third kappa shape index (κ3) is 4.67. The van der Waals surface area contributed by atoms with Crippen LogP contribution in [0.4, 0.5) is 5.69 Å². The number of nitrogens with zero attached hydrogens (tertiary/aromatic N) is 1. The van der Waals surface area contributed by atoms with E-state index in [1.807, 2.05) is 43.3 Å². The van der Waals surface area contributed by atoms with Gasteiger partial charge in [0.15, 0.2) is 0 Å². The monoisotopic (exact) mass is 337 g/mol. The summed E-state index contributed by atoms with van der Waals surface area (Å²) >= 11 is 0. The Bertz CT molecular complexity index is 767. The first-order chi connectivity index (χ1) is 12.0. The first-order valence-corrected chi connectivity index (χ1v) is 8.51. The smallest absolute Gasteiger partial charge is 0.248 e. The lowest BCUT2D eigenvalue weighted by Gasteiger charge is -2.22. The number of carbonyl (C=O) groups is 2. The lowest BCUT2D eigenvalue weighted by atomic mass is 10.1. The van der Waals surface area contributed by atoms with Crippen LogP contribution >= 0.6 is 0 Å². The fourth-order valence-electron chi connectivity index (χ4n) is 2.85. The number of nitrogens with one attached hydrogen (secondary N) is 1. The average Bonchev–Trinajstić information content (AvgIpc) is 3.42. The Morgan fingerprint density at radius 1 is 1.12 bits per heavy atom. The van der Waals surface area contributed by atoms with E-state index in [2.05, 4.69) is 10.2 Å². The van der Waals surface area contributed by atoms with E-state index in [0.717, 1.165) is 29.7 Å². The molecule has 0 saturated heterocycles. The fourth-order valence-corrected chi connectivity index (χ4v) is 2.85. The van der Waals surface area contributed by atoms with Crippen LogP contribution in [-0.2, 0) is 11.3 Å². The van der Waals surface area contributed by atoms with Gasteiger partial charge in [0, 0.05) is 23.8 Å². The Labute approximate surface area is 147 Å². The van der Waals surface area contributed by atoms with Crippen LogP contribution in [0.15, 0.2) is 48.5 Å². The second kappa shape index (κ2) is 7.49. The molecule has 2 aromatic carbocycles. The molecule has 5 heteroatoms. The van der Waals surface area contributed by atoms with Crippen molar-refractivity contribution in [2.24, 2.45) is 5.73 Å². The first-order valence-electron chi connectivity index (χ1n) is 8.51. The molecule has 0 aromatic heterocycles. The number of hydrogen-bond acceptors (Lipinski definition) is 3. The van der Waals surface area contributed by atoms with Crippen LogP contribution < -0.4 is 11.1 Å². The number of carbonyl (C=O) groups excluding carboxylic acids is 2. The number of hydrogen-bond donors (Lipinski definition) is 2. The van der Waals surface area contributed by atoms with Gasteiger partial charge in [-0.1, -0.05) is 30.3 Å². The van der Waals surface area contributed by atoms with Gasteiger partial charge in [0.1, 0.15) is 0 Å².